The Morgan fingerprint density at radius 2 is 1.89 bits per heavy atom. The Balaban J connectivity index is 2.37. The molecule has 4 heteroatoms. The molecule has 3 nitrogen and oxygen atoms in total. The maximum absolute atomic E-state index is 9.03. The number of hydrogen-bond acceptors (Lipinski definition) is 3. The van der Waals surface area contributed by atoms with Crippen molar-refractivity contribution >= 4 is 17.3 Å². The molecular weight excluding hydrogens is 248 g/mol. The first-order valence-electron chi connectivity index (χ1n) is 5.34. The molecule has 0 amide bonds. The number of benzene rings is 2. The Bertz CT molecular complexity index is 632. The molecule has 0 fully saturated rings. The number of rotatable bonds is 2. The summed E-state index contributed by atoms with van der Waals surface area (Å²) in [5, 5.41) is 9.53. The molecule has 0 saturated heterocycles. The summed E-state index contributed by atoms with van der Waals surface area (Å²) < 4.78 is 5.70. The molecule has 2 aromatic rings. The Hall–Kier alpha value is -2.18. The van der Waals surface area contributed by atoms with Crippen molar-refractivity contribution in [3.8, 4) is 17.6 Å². The Kier molecular flexibility index (Phi) is 3.40. The summed E-state index contributed by atoms with van der Waals surface area (Å²) in [6.45, 7) is 1.90. The third kappa shape index (κ3) is 2.55. The largest absolute Gasteiger partial charge is 0.456 e. The van der Waals surface area contributed by atoms with Crippen molar-refractivity contribution in [1.29, 1.82) is 5.26 Å². The first-order valence-corrected chi connectivity index (χ1v) is 5.71. The van der Waals surface area contributed by atoms with Crippen LogP contribution >= 0.6 is 11.6 Å². The molecule has 0 spiro atoms. The van der Waals surface area contributed by atoms with Gasteiger partial charge >= 0.3 is 0 Å². The van der Waals surface area contributed by atoms with Crippen LogP contribution in [0.2, 0.25) is 5.02 Å². The van der Waals surface area contributed by atoms with Gasteiger partial charge in [-0.05, 0) is 48.9 Å². The van der Waals surface area contributed by atoms with Gasteiger partial charge in [-0.2, -0.15) is 5.26 Å². The molecule has 0 saturated carbocycles. The van der Waals surface area contributed by atoms with Crippen molar-refractivity contribution in [2.24, 2.45) is 0 Å². The highest BCUT2D eigenvalue weighted by molar-refractivity contribution is 6.30. The lowest BCUT2D eigenvalue weighted by molar-refractivity contribution is 0.477. The molecule has 0 aliphatic rings. The number of nitrogens with zero attached hydrogens (tertiary/aromatic N) is 1. The van der Waals surface area contributed by atoms with E-state index in [0.717, 1.165) is 5.56 Å². The first-order chi connectivity index (χ1) is 8.60. The van der Waals surface area contributed by atoms with Gasteiger partial charge in [-0.15, -0.1) is 0 Å². The Labute approximate surface area is 110 Å². The molecule has 0 atom stereocenters. The molecular formula is C14H11ClN2O. The molecule has 0 aliphatic carbocycles. The lowest BCUT2D eigenvalue weighted by Gasteiger charge is -2.10. The van der Waals surface area contributed by atoms with Gasteiger partial charge in [-0.25, -0.2) is 0 Å². The van der Waals surface area contributed by atoms with Crippen LogP contribution in [-0.4, -0.2) is 0 Å². The third-order valence-electron chi connectivity index (χ3n) is 2.48. The van der Waals surface area contributed by atoms with Crippen LogP contribution in [0, 0.1) is 18.3 Å². The van der Waals surface area contributed by atoms with Gasteiger partial charge in [0.1, 0.15) is 17.6 Å². The topological polar surface area (TPSA) is 59.0 Å². The standard InChI is InChI=1S/C14H11ClN2O/c1-9-6-12(17)3-5-13(9)18-14-4-2-11(15)7-10(14)8-16/h2-7H,17H2,1H3. The minimum Gasteiger partial charge on any atom is -0.456 e. The van der Waals surface area contributed by atoms with Gasteiger partial charge in [0, 0.05) is 10.7 Å². The fourth-order valence-corrected chi connectivity index (χ4v) is 1.76. The first kappa shape index (κ1) is 12.3. The highest BCUT2D eigenvalue weighted by Gasteiger charge is 2.07. The smallest absolute Gasteiger partial charge is 0.145 e. The summed E-state index contributed by atoms with van der Waals surface area (Å²) in [6, 6.07) is 12.3. The van der Waals surface area contributed by atoms with E-state index in [1.807, 2.05) is 13.0 Å². The van der Waals surface area contributed by atoms with Crippen LogP contribution in [0.3, 0.4) is 0 Å². The zero-order chi connectivity index (χ0) is 13.1. The van der Waals surface area contributed by atoms with Crippen molar-refractivity contribution in [2.75, 3.05) is 5.73 Å². The van der Waals surface area contributed by atoms with Crippen LogP contribution in [-0.2, 0) is 0 Å². The lowest BCUT2D eigenvalue weighted by Crippen LogP contribution is -1.92. The molecule has 0 aliphatic heterocycles. The van der Waals surface area contributed by atoms with E-state index in [-0.39, 0.29) is 0 Å². The third-order valence-corrected chi connectivity index (χ3v) is 2.72. The number of aryl methyl sites for hydroxylation is 1. The monoisotopic (exact) mass is 258 g/mol. The summed E-state index contributed by atoms with van der Waals surface area (Å²) in [5.74, 6) is 1.15. The molecule has 2 aromatic carbocycles. The van der Waals surface area contributed by atoms with E-state index in [0.29, 0.717) is 27.8 Å². The van der Waals surface area contributed by atoms with Crippen LogP contribution in [0.1, 0.15) is 11.1 Å². The predicted molar refractivity (Wildman–Crippen MR) is 71.8 cm³/mol. The zero-order valence-corrected chi connectivity index (χ0v) is 10.5. The Morgan fingerprint density at radius 3 is 2.56 bits per heavy atom. The summed E-state index contributed by atoms with van der Waals surface area (Å²) in [7, 11) is 0. The SMILES string of the molecule is Cc1cc(N)ccc1Oc1ccc(Cl)cc1C#N. The second kappa shape index (κ2) is 4.99. The number of nitrogen functional groups attached to an aromatic ring is 1. The van der Waals surface area contributed by atoms with E-state index in [4.69, 9.17) is 27.3 Å². The molecule has 90 valence electrons. The van der Waals surface area contributed by atoms with E-state index in [9.17, 15) is 0 Å². The summed E-state index contributed by atoms with van der Waals surface area (Å²) in [4.78, 5) is 0. The maximum atomic E-state index is 9.03. The van der Waals surface area contributed by atoms with Crippen molar-refractivity contribution in [2.45, 2.75) is 6.92 Å². The molecule has 0 radical (unpaired) electrons. The van der Waals surface area contributed by atoms with Gasteiger partial charge in [0.05, 0.1) is 5.56 Å². The van der Waals surface area contributed by atoms with Gasteiger partial charge in [0.2, 0.25) is 0 Å². The van der Waals surface area contributed by atoms with Gasteiger partial charge in [0.25, 0.3) is 0 Å². The lowest BCUT2D eigenvalue weighted by atomic mass is 10.2. The normalized spacial score (nSPS) is 9.83. The minimum atomic E-state index is 0.402. The van der Waals surface area contributed by atoms with Gasteiger partial charge < -0.3 is 10.5 Å². The summed E-state index contributed by atoms with van der Waals surface area (Å²) >= 11 is 5.83. The van der Waals surface area contributed by atoms with Crippen LogP contribution in [0.25, 0.3) is 0 Å². The van der Waals surface area contributed by atoms with E-state index in [1.165, 1.54) is 0 Å². The van der Waals surface area contributed by atoms with E-state index in [2.05, 4.69) is 6.07 Å². The second-order valence-electron chi connectivity index (χ2n) is 3.88. The number of hydrogen-bond donors (Lipinski definition) is 1. The zero-order valence-electron chi connectivity index (χ0n) is 9.77. The predicted octanol–water partition coefficient (Wildman–Crippen LogP) is 3.89. The van der Waals surface area contributed by atoms with E-state index >= 15 is 0 Å². The van der Waals surface area contributed by atoms with Crippen LogP contribution in [0.4, 0.5) is 5.69 Å². The Morgan fingerprint density at radius 1 is 1.17 bits per heavy atom. The van der Waals surface area contributed by atoms with E-state index < -0.39 is 0 Å². The van der Waals surface area contributed by atoms with Crippen molar-refractivity contribution < 1.29 is 4.74 Å². The number of anilines is 1. The quantitative estimate of drug-likeness (QED) is 0.831. The maximum Gasteiger partial charge on any atom is 0.145 e. The summed E-state index contributed by atoms with van der Waals surface area (Å²) in [5.41, 5.74) is 7.66. The van der Waals surface area contributed by atoms with Gasteiger partial charge in [-0.3, -0.25) is 0 Å². The average molecular weight is 259 g/mol. The molecule has 0 unspecified atom stereocenters. The summed E-state index contributed by atoms with van der Waals surface area (Å²) in [6.07, 6.45) is 0. The van der Waals surface area contributed by atoms with Gasteiger partial charge in [0.15, 0.2) is 0 Å². The van der Waals surface area contributed by atoms with Crippen LogP contribution < -0.4 is 10.5 Å². The van der Waals surface area contributed by atoms with Crippen molar-refractivity contribution in [1.82, 2.24) is 0 Å². The highest BCUT2D eigenvalue weighted by Crippen LogP contribution is 2.30. The number of halogens is 1. The van der Waals surface area contributed by atoms with Crippen LogP contribution in [0.15, 0.2) is 36.4 Å². The highest BCUT2D eigenvalue weighted by atomic mass is 35.5. The number of nitriles is 1. The molecule has 2 N–H and O–H groups in total. The number of nitrogens with two attached hydrogens (primary N) is 1. The molecule has 0 aromatic heterocycles. The fraction of sp³-hybridized carbons (Fsp3) is 0.0714. The average Bonchev–Trinajstić information content (AvgIpc) is 2.34. The van der Waals surface area contributed by atoms with E-state index in [1.54, 1.807) is 30.3 Å². The van der Waals surface area contributed by atoms with Crippen molar-refractivity contribution in [3.05, 3.63) is 52.5 Å². The molecule has 0 heterocycles. The van der Waals surface area contributed by atoms with Crippen LogP contribution in [0.5, 0.6) is 11.5 Å². The molecule has 2 rings (SSSR count). The number of ether oxygens (including phenoxy) is 1. The molecule has 18 heavy (non-hydrogen) atoms. The fourth-order valence-electron chi connectivity index (χ4n) is 1.58. The second-order valence-corrected chi connectivity index (χ2v) is 4.32. The van der Waals surface area contributed by atoms with Crippen molar-refractivity contribution in [3.63, 3.8) is 0 Å². The minimum absolute atomic E-state index is 0.402. The van der Waals surface area contributed by atoms with Gasteiger partial charge in [-0.1, -0.05) is 11.6 Å². The molecule has 0 bridgehead atoms.